The molecule has 23 nitrogen and oxygen atoms in total. The summed E-state index contributed by atoms with van der Waals surface area (Å²) in [4.78, 5) is 70.6. The van der Waals surface area contributed by atoms with Gasteiger partial charge in [-0.3, -0.25) is 9.88 Å². The minimum atomic E-state index is -1.88. The summed E-state index contributed by atoms with van der Waals surface area (Å²) in [7, 11) is 6.59. The van der Waals surface area contributed by atoms with Crippen molar-refractivity contribution in [2.45, 2.75) is 56.2 Å². The predicted molar refractivity (Wildman–Crippen MR) is 215 cm³/mol. The molecular formula is C37H47N11O12S. The van der Waals surface area contributed by atoms with Gasteiger partial charge in [0.1, 0.15) is 42.8 Å². The summed E-state index contributed by atoms with van der Waals surface area (Å²) in [6.07, 6.45) is -4.83. The van der Waals surface area contributed by atoms with Crippen molar-refractivity contribution in [3.63, 3.8) is 0 Å². The van der Waals surface area contributed by atoms with Gasteiger partial charge in [-0.15, -0.1) is 4.37 Å². The van der Waals surface area contributed by atoms with E-state index in [1.54, 1.807) is 13.2 Å². The van der Waals surface area contributed by atoms with Crippen LogP contribution in [0.15, 0.2) is 36.8 Å². The quantitative estimate of drug-likeness (QED) is 0.107. The van der Waals surface area contributed by atoms with Crippen molar-refractivity contribution in [3.05, 3.63) is 42.4 Å². The molecule has 1 aromatic carbocycles. The highest BCUT2D eigenvalue weighted by Crippen LogP contribution is 2.42. The number of likely N-dealkylation sites (N-methyl/N-ethyl adjacent to an activating group) is 2. The smallest absolute Gasteiger partial charge is 0.409 e. The molecular weight excluding hydrogens is 823 g/mol. The van der Waals surface area contributed by atoms with Gasteiger partial charge in [-0.1, -0.05) is 6.07 Å². The lowest BCUT2D eigenvalue weighted by Gasteiger charge is -2.38. The van der Waals surface area contributed by atoms with Crippen LogP contribution >= 0.6 is 11.5 Å². The number of carbonyl (C=O) groups is 4. The second-order valence-corrected chi connectivity index (χ2v) is 16.0. The van der Waals surface area contributed by atoms with Crippen LogP contribution in [0.1, 0.15) is 18.4 Å². The summed E-state index contributed by atoms with van der Waals surface area (Å²) in [5, 5.41) is 43.4. The first-order chi connectivity index (χ1) is 29.1. The summed E-state index contributed by atoms with van der Waals surface area (Å²) >= 11 is 1.06. The first-order valence-electron chi connectivity index (χ1n) is 19.2. The number of carboxylic acids is 1. The van der Waals surface area contributed by atoms with Gasteiger partial charge in [-0.25, -0.2) is 29.1 Å². The minimum absolute atomic E-state index is 0.0113. The Balaban J connectivity index is 0.878. The Kier molecular flexibility index (Phi) is 12.6. The number of rotatable bonds is 12. The molecule has 2 aliphatic heterocycles. The first-order valence-corrected chi connectivity index (χ1v) is 20.0. The molecule has 7 rings (SSSR count). The van der Waals surface area contributed by atoms with Crippen LogP contribution in [0.4, 0.5) is 31.0 Å². The van der Waals surface area contributed by atoms with Crippen LogP contribution in [-0.2, 0) is 20.9 Å². The number of anilines is 3. The molecule has 3 aromatic heterocycles. The van der Waals surface area contributed by atoms with Gasteiger partial charge in [-0.05, 0) is 48.4 Å². The molecule has 1 unspecified atom stereocenters. The number of nitrogens with two attached hydrogens (primary N) is 1. The van der Waals surface area contributed by atoms with E-state index < -0.39 is 42.8 Å². The fraction of sp³-hybridized carbons (Fsp3) is 0.514. The molecule has 5 heterocycles. The monoisotopic (exact) mass is 869 g/mol. The van der Waals surface area contributed by atoms with E-state index in [0.29, 0.717) is 52.5 Å². The summed E-state index contributed by atoms with van der Waals surface area (Å²) in [5.41, 5.74) is 7.04. The number of aliphatic carboxylic acids is 1. The van der Waals surface area contributed by atoms with Gasteiger partial charge in [0, 0.05) is 71.1 Å². The van der Waals surface area contributed by atoms with E-state index in [1.807, 2.05) is 18.0 Å². The van der Waals surface area contributed by atoms with Gasteiger partial charge in [-0.2, -0.15) is 4.98 Å². The number of hydrogen-bond donors (Lipinski definition) is 6. The SMILES string of the molecule is COc1nsc(NC(=O)N2C[C@H]3CC(N(C)c4ncnc5c4ccn5C(=O)N(C)CCN(C)C(=O)OCc4ccc(O[C@@H]5O[C@H](C(=O)O)[C@@H](O)[C@H](O)[C@H]5O)c(N)c4)C[C@H]3C2)n1. The Morgan fingerprint density at radius 3 is 2.39 bits per heavy atom. The number of amides is 4. The normalized spacial score (nSPS) is 24.5. The molecule has 3 fully saturated rings. The lowest BCUT2D eigenvalue weighted by atomic mass is 9.99. The number of urea groups is 1. The molecule has 3 aliphatic rings. The number of methoxy groups -OCH3 is 1. The molecule has 2 saturated heterocycles. The van der Waals surface area contributed by atoms with Crippen LogP contribution in [0.5, 0.6) is 11.8 Å². The largest absolute Gasteiger partial charge is 0.479 e. The van der Waals surface area contributed by atoms with Gasteiger partial charge >= 0.3 is 30.1 Å². The lowest BCUT2D eigenvalue weighted by Crippen LogP contribution is -2.61. The van der Waals surface area contributed by atoms with Crippen LogP contribution in [0.2, 0.25) is 0 Å². The second kappa shape index (κ2) is 17.9. The van der Waals surface area contributed by atoms with Crippen LogP contribution in [0.3, 0.4) is 0 Å². The van der Waals surface area contributed by atoms with Gasteiger partial charge < -0.3 is 64.7 Å². The second-order valence-electron chi connectivity index (χ2n) is 15.2. The number of nitrogens with one attached hydrogen (secondary N) is 1. The molecule has 4 amide bonds. The number of aliphatic hydroxyl groups excluding tert-OH is 3. The fourth-order valence-electron chi connectivity index (χ4n) is 7.81. The number of aromatic nitrogens is 5. The third-order valence-corrected chi connectivity index (χ3v) is 11.9. The molecule has 7 N–H and O–H groups in total. The number of hydrogen-bond acceptors (Lipinski definition) is 18. The Bertz CT molecular complexity index is 2250. The Hall–Kier alpha value is -6.08. The minimum Gasteiger partial charge on any atom is -0.479 e. The molecule has 8 atom stereocenters. The van der Waals surface area contributed by atoms with Crippen molar-refractivity contribution in [2.24, 2.45) is 11.8 Å². The van der Waals surface area contributed by atoms with Crippen LogP contribution in [0, 0.1) is 11.8 Å². The van der Waals surface area contributed by atoms with E-state index in [9.17, 15) is 39.6 Å². The van der Waals surface area contributed by atoms with Crippen molar-refractivity contribution in [1.82, 2.24) is 38.6 Å². The maximum atomic E-state index is 13.6. The van der Waals surface area contributed by atoms with Gasteiger partial charge in [0.2, 0.25) is 11.4 Å². The van der Waals surface area contributed by atoms with E-state index in [4.69, 9.17) is 24.7 Å². The number of benzene rings is 1. The number of aliphatic hydroxyl groups is 3. The molecule has 328 valence electrons. The summed E-state index contributed by atoms with van der Waals surface area (Å²) in [6.45, 7) is 1.39. The van der Waals surface area contributed by atoms with E-state index in [0.717, 1.165) is 24.4 Å². The number of carbonyl (C=O) groups excluding carboxylic acids is 3. The molecule has 4 aromatic rings. The van der Waals surface area contributed by atoms with Crippen molar-refractivity contribution in [2.75, 3.05) is 70.4 Å². The number of carboxylic acid groups (broad SMARTS) is 1. The molecule has 61 heavy (non-hydrogen) atoms. The average Bonchev–Trinajstić information content (AvgIpc) is 4.06. The van der Waals surface area contributed by atoms with Gasteiger partial charge in [0.05, 0.1) is 18.2 Å². The van der Waals surface area contributed by atoms with E-state index in [1.165, 1.54) is 53.1 Å². The Morgan fingerprint density at radius 2 is 1.72 bits per heavy atom. The summed E-state index contributed by atoms with van der Waals surface area (Å²) in [6, 6.07) is 5.97. The zero-order chi connectivity index (χ0) is 43.7. The highest BCUT2D eigenvalue weighted by molar-refractivity contribution is 7.10. The lowest BCUT2D eigenvalue weighted by molar-refractivity contribution is -0.271. The summed E-state index contributed by atoms with van der Waals surface area (Å²) in [5.74, 6) is -0.221. The van der Waals surface area contributed by atoms with Gasteiger partial charge in [0.25, 0.3) is 0 Å². The standard InChI is InChI=1S/C37H47N11O12S/c1-44(9-10-45(2)37(56)58-16-18-5-6-24(23(38)11-18)59-32-27(51)25(49)26(50)28(60-32)31(52)53)36(55)48-8-7-22-29(39-17-40-30(22)48)46(3)21-12-19-14-47(15-20(19)13-21)35(54)42-34-41-33(57-4)43-61-34/h5-8,11,17,19-21,25-28,32,49-51H,9-10,12-16,38H2,1-4H3,(H,52,53)(H,41,42,43,54)/t19-,20+,21?,25-,26-,27+,28-,32+/m0/s1. The van der Waals surface area contributed by atoms with Crippen molar-refractivity contribution >= 4 is 63.3 Å². The molecule has 0 spiro atoms. The zero-order valence-electron chi connectivity index (χ0n) is 33.6. The maximum absolute atomic E-state index is 13.6. The average molecular weight is 870 g/mol. The molecule has 24 heteroatoms. The van der Waals surface area contributed by atoms with Crippen LogP contribution < -0.4 is 25.4 Å². The summed E-state index contributed by atoms with van der Waals surface area (Å²) < 4.78 is 26.5. The highest BCUT2D eigenvalue weighted by Gasteiger charge is 2.48. The van der Waals surface area contributed by atoms with Crippen LogP contribution in [0.25, 0.3) is 11.0 Å². The number of likely N-dealkylation sites (tertiary alicyclic amines) is 1. The number of nitrogens with zero attached hydrogens (tertiary/aromatic N) is 9. The molecule has 1 aliphatic carbocycles. The third kappa shape index (κ3) is 9.02. The molecule has 0 radical (unpaired) electrons. The predicted octanol–water partition coefficient (Wildman–Crippen LogP) is 0.692. The van der Waals surface area contributed by atoms with Crippen LogP contribution in [-0.4, -0.2) is 174 Å². The molecule has 1 saturated carbocycles. The van der Waals surface area contributed by atoms with Crippen molar-refractivity contribution < 1.29 is 58.6 Å². The van der Waals surface area contributed by atoms with Crippen molar-refractivity contribution in [1.29, 1.82) is 0 Å². The fourth-order valence-corrected chi connectivity index (χ4v) is 8.34. The first kappa shape index (κ1) is 43.0. The zero-order valence-corrected chi connectivity index (χ0v) is 34.4. The number of nitrogen functional groups attached to an aromatic ring is 1. The number of ether oxygens (including phenoxy) is 4. The molecule has 0 bridgehead atoms. The van der Waals surface area contributed by atoms with E-state index >= 15 is 0 Å². The van der Waals surface area contributed by atoms with Crippen molar-refractivity contribution in [3.8, 4) is 11.8 Å². The van der Waals surface area contributed by atoms with Gasteiger partial charge in [0.15, 0.2) is 11.8 Å². The Labute approximate surface area is 352 Å². The number of fused-ring (bicyclic) bond motifs is 2. The highest BCUT2D eigenvalue weighted by atomic mass is 32.1. The van der Waals surface area contributed by atoms with E-state index in [-0.39, 0.29) is 55.2 Å². The maximum Gasteiger partial charge on any atom is 0.409 e. The third-order valence-electron chi connectivity index (χ3n) is 11.3. The topological polar surface area (TPSA) is 294 Å². The Morgan fingerprint density at radius 1 is 1.00 bits per heavy atom. The van der Waals surface area contributed by atoms with E-state index in [2.05, 4.69) is 29.5 Å².